The third-order valence-corrected chi connectivity index (χ3v) is 7.42. The van der Waals surface area contributed by atoms with Crippen LogP contribution in [0.15, 0.2) is 78.9 Å². The highest BCUT2D eigenvalue weighted by molar-refractivity contribution is 7.92. The Morgan fingerprint density at radius 2 is 1.50 bits per heavy atom. The van der Waals surface area contributed by atoms with Crippen LogP contribution in [0.1, 0.15) is 37.5 Å². The lowest BCUT2D eigenvalue weighted by Gasteiger charge is -2.35. The molecule has 2 amide bonds. The number of rotatable bonds is 11. The Morgan fingerprint density at radius 1 is 0.900 bits per heavy atom. The van der Waals surface area contributed by atoms with Crippen molar-refractivity contribution in [2.24, 2.45) is 0 Å². The summed E-state index contributed by atoms with van der Waals surface area (Å²) in [5.41, 5.74) is 2.57. The number of sulfonamides is 1. The summed E-state index contributed by atoms with van der Waals surface area (Å²) in [6, 6.07) is 22.8. The maximum atomic E-state index is 14.1. The number of benzene rings is 3. The molecule has 9 heteroatoms. The van der Waals surface area contributed by atoms with E-state index in [4.69, 9.17) is 4.74 Å². The third kappa shape index (κ3) is 8.84. The highest BCUT2D eigenvalue weighted by atomic mass is 32.2. The van der Waals surface area contributed by atoms with Gasteiger partial charge in [0.05, 0.1) is 19.1 Å². The molecule has 0 heterocycles. The summed E-state index contributed by atoms with van der Waals surface area (Å²) in [5, 5.41) is 3.02. The molecular formula is C31H39N3O5S. The summed E-state index contributed by atoms with van der Waals surface area (Å²) in [4.78, 5) is 29.3. The van der Waals surface area contributed by atoms with Crippen LogP contribution in [0.4, 0.5) is 5.69 Å². The summed E-state index contributed by atoms with van der Waals surface area (Å²) >= 11 is 0. The molecule has 0 aromatic heterocycles. The molecule has 214 valence electrons. The van der Waals surface area contributed by atoms with E-state index in [1.807, 2.05) is 82.3 Å². The van der Waals surface area contributed by atoms with Gasteiger partial charge in [-0.1, -0.05) is 60.2 Å². The predicted molar refractivity (Wildman–Crippen MR) is 159 cm³/mol. The standard InChI is InChI=1S/C31H39N3O5S/c1-23-12-14-25(15-13-23)21-33(28(30(36)32-31(2,3)4)20-24-10-8-7-9-11-24)29(35)22-34(40(6,37)38)26-16-18-27(39-5)19-17-26/h7-19,28H,20-22H2,1-6H3,(H,32,36). The minimum absolute atomic E-state index is 0.133. The van der Waals surface area contributed by atoms with Crippen molar-refractivity contribution in [1.82, 2.24) is 10.2 Å². The lowest BCUT2D eigenvalue weighted by atomic mass is 10.0. The smallest absolute Gasteiger partial charge is 0.244 e. The van der Waals surface area contributed by atoms with Crippen molar-refractivity contribution >= 4 is 27.5 Å². The Kier molecular flexibility index (Phi) is 9.98. The molecule has 40 heavy (non-hydrogen) atoms. The van der Waals surface area contributed by atoms with Crippen LogP contribution in [0.3, 0.4) is 0 Å². The number of carbonyl (C=O) groups is 2. The van der Waals surface area contributed by atoms with E-state index in [9.17, 15) is 18.0 Å². The molecule has 0 aliphatic heterocycles. The maximum absolute atomic E-state index is 14.1. The summed E-state index contributed by atoms with van der Waals surface area (Å²) < 4.78 is 32.0. The van der Waals surface area contributed by atoms with Crippen molar-refractivity contribution in [2.75, 3.05) is 24.2 Å². The van der Waals surface area contributed by atoms with Gasteiger partial charge >= 0.3 is 0 Å². The number of nitrogens with one attached hydrogen (secondary N) is 1. The lowest BCUT2D eigenvalue weighted by molar-refractivity contribution is -0.140. The maximum Gasteiger partial charge on any atom is 0.244 e. The largest absolute Gasteiger partial charge is 0.497 e. The molecule has 0 aliphatic carbocycles. The van der Waals surface area contributed by atoms with Crippen molar-refractivity contribution in [1.29, 1.82) is 0 Å². The number of aryl methyl sites for hydroxylation is 1. The Hall–Kier alpha value is -3.85. The lowest BCUT2D eigenvalue weighted by Crippen LogP contribution is -2.56. The predicted octanol–water partition coefficient (Wildman–Crippen LogP) is 4.32. The molecule has 0 saturated heterocycles. The number of hydrogen-bond donors (Lipinski definition) is 1. The van der Waals surface area contributed by atoms with Crippen molar-refractivity contribution in [3.05, 3.63) is 95.6 Å². The van der Waals surface area contributed by atoms with Gasteiger partial charge in [0.1, 0.15) is 18.3 Å². The van der Waals surface area contributed by atoms with Crippen molar-refractivity contribution < 1.29 is 22.7 Å². The number of methoxy groups -OCH3 is 1. The molecule has 8 nitrogen and oxygen atoms in total. The third-order valence-electron chi connectivity index (χ3n) is 6.28. The van der Waals surface area contributed by atoms with Gasteiger partial charge in [0.15, 0.2) is 0 Å². The zero-order chi connectivity index (χ0) is 29.5. The number of nitrogens with zero attached hydrogens (tertiary/aromatic N) is 2. The molecule has 1 unspecified atom stereocenters. The first kappa shape index (κ1) is 30.7. The minimum atomic E-state index is -3.83. The van der Waals surface area contributed by atoms with Gasteiger partial charge in [-0.3, -0.25) is 13.9 Å². The number of anilines is 1. The van der Waals surface area contributed by atoms with Gasteiger partial charge in [0.2, 0.25) is 21.8 Å². The van der Waals surface area contributed by atoms with Gasteiger partial charge < -0.3 is 15.0 Å². The molecule has 1 atom stereocenters. The molecule has 0 bridgehead atoms. The second-order valence-electron chi connectivity index (χ2n) is 10.9. The first-order valence-corrected chi connectivity index (χ1v) is 14.9. The van der Waals surface area contributed by atoms with E-state index >= 15 is 0 Å². The average Bonchev–Trinajstić information content (AvgIpc) is 2.89. The van der Waals surface area contributed by atoms with Crippen molar-refractivity contribution in [3.63, 3.8) is 0 Å². The molecule has 3 aromatic rings. The fraction of sp³-hybridized carbons (Fsp3) is 0.355. The molecule has 0 aliphatic rings. The van der Waals surface area contributed by atoms with Crippen LogP contribution < -0.4 is 14.4 Å². The Morgan fingerprint density at radius 3 is 2.02 bits per heavy atom. The van der Waals surface area contributed by atoms with E-state index in [1.54, 1.807) is 24.3 Å². The molecular weight excluding hydrogens is 526 g/mol. The summed E-state index contributed by atoms with van der Waals surface area (Å²) in [5.74, 6) is -0.245. The van der Waals surface area contributed by atoms with Crippen LogP contribution in [0.2, 0.25) is 0 Å². The van der Waals surface area contributed by atoms with E-state index in [-0.39, 0.29) is 18.9 Å². The number of amides is 2. The molecule has 1 N–H and O–H groups in total. The van der Waals surface area contributed by atoms with E-state index in [2.05, 4.69) is 5.32 Å². The summed E-state index contributed by atoms with van der Waals surface area (Å²) in [6.45, 7) is 7.28. The van der Waals surface area contributed by atoms with Crippen LogP contribution in [0, 0.1) is 6.92 Å². The number of carbonyl (C=O) groups excluding carboxylic acids is 2. The van der Waals surface area contributed by atoms with Crippen molar-refractivity contribution in [2.45, 2.75) is 52.2 Å². The van der Waals surface area contributed by atoms with Gasteiger partial charge in [-0.05, 0) is 63.1 Å². The van der Waals surface area contributed by atoms with Crippen LogP contribution in [-0.4, -0.2) is 56.6 Å². The van der Waals surface area contributed by atoms with Crippen LogP contribution >= 0.6 is 0 Å². The molecule has 3 rings (SSSR count). The molecule has 0 spiro atoms. The topological polar surface area (TPSA) is 96.0 Å². The zero-order valence-corrected chi connectivity index (χ0v) is 24.9. The van der Waals surface area contributed by atoms with Crippen molar-refractivity contribution in [3.8, 4) is 5.75 Å². The molecule has 0 radical (unpaired) electrons. The second kappa shape index (κ2) is 13.0. The van der Waals surface area contributed by atoms with E-state index < -0.39 is 34.1 Å². The van der Waals surface area contributed by atoms with Crippen LogP contribution in [-0.2, 0) is 32.6 Å². The van der Waals surface area contributed by atoms with E-state index in [0.29, 0.717) is 11.4 Å². The minimum Gasteiger partial charge on any atom is -0.497 e. The highest BCUT2D eigenvalue weighted by Crippen LogP contribution is 2.23. The van der Waals surface area contributed by atoms with Gasteiger partial charge in [-0.25, -0.2) is 8.42 Å². The molecule has 0 saturated carbocycles. The Bertz CT molecular complexity index is 1380. The van der Waals surface area contributed by atoms with Gasteiger partial charge in [-0.2, -0.15) is 0 Å². The number of hydrogen-bond acceptors (Lipinski definition) is 5. The van der Waals surface area contributed by atoms with Gasteiger partial charge in [0, 0.05) is 18.5 Å². The molecule has 0 fully saturated rings. The van der Waals surface area contributed by atoms with Crippen LogP contribution in [0.25, 0.3) is 0 Å². The van der Waals surface area contributed by atoms with E-state index in [0.717, 1.165) is 27.3 Å². The monoisotopic (exact) mass is 565 g/mol. The number of ether oxygens (including phenoxy) is 1. The first-order valence-electron chi connectivity index (χ1n) is 13.1. The quantitative estimate of drug-likeness (QED) is 0.374. The van der Waals surface area contributed by atoms with E-state index in [1.165, 1.54) is 12.0 Å². The van der Waals surface area contributed by atoms with Gasteiger partial charge in [-0.15, -0.1) is 0 Å². The Balaban J connectivity index is 2.05. The normalized spacial score (nSPS) is 12.3. The summed E-state index contributed by atoms with van der Waals surface area (Å²) in [7, 11) is -2.31. The fourth-order valence-corrected chi connectivity index (χ4v) is 5.11. The SMILES string of the molecule is COc1ccc(N(CC(=O)N(Cc2ccc(C)cc2)C(Cc2ccccc2)C(=O)NC(C)(C)C)S(C)(=O)=O)cc1. The highest BCUT2D eigenvalue weighted by Gasteiger charge is 2.34. The van der Waals surface area contributed by atoms with Gasteiger partial charge in [0.25, 0.3) is 0 Å². The first-order chi connectivity index (χ1) is 18.8. The Labute approximate surface area is 238 Å². The van der Waals surface area contributed by atoms with Crippen LogP contribution in [0.5, 0.6) is 5.75 Å². The average molecular weight is 566 g/mol. The second-order valence-corrected chi connectivity index (χ2v) is 12.8. The fourth-order valence-electron chi connectivity index (χ4n) is 4.26. The molecule has 3 aromatic carbocycles. The zero-order valence-electron chi connectivity index (χ0n) is 24.0. The summed E-state index contributed by atoms with van der Waals surface area (Å²) in [6.07, 6.45) is 1.32.